The molecular formula is C13H12F3NO3. The summed E-state index contributed by atoms with van der Waals surface area (Å²) < 4.78 is 40.2. The van der Waals surface area contributed by atoms with E-state index in [1.54, 1.807) is 7.05 Å². The standard InChI is InChI=1S/C13H12F3NO3/c1-17-5-3-2-4-9-6-10(12(18)19)8-11(7-9)20-13(14,15)16/h6-8,17H,3,5H2,1H3,(H,18,19). The molecule has 0 radical (unpaired) electrons. The minimum atomic E-state index is -4.88. The first-order chi connectivity index (χ1) is 9.31. The molecule has 2 N–H and O–H groups in total. The van der Waals surface area contributed by atoms with E-state index in [2.05, 4.69) is 21.9 Å². The van der Waals surface area contributed by atoms with E-state index >= 15 is 0 Å². The summed E-state index contributed by atoms with van der Waals surface area (Å²) in [5.41, 5.74) is -0.162. The Labute approximate surface area is 113 Å². The largest absolute Gasteiger partial charge is 0.573 e. The van der Waals surface area contributed by atoms with Gasteiger partial charge in [-0.05, 0) is 25.2 Å². The third kappa shape index (κ3) is 5.63. The van der Waals surface area contributed by atoms with Crippen LogP contribution in [0.2, 0.25) is 0 Å². The molecule has 0 amide bonds. The highest BCUT2D eigenvalue weighted by atomic mass is 19.4. The topological polar surface area (TPSA) is 58.6 Å². The Kier molecular flexibility index (Phi) is 5.41. The minimum Gasteiger partial charge on any atom is -0.478 e. The first kappa shape index (κ1) is 15.9. The van der Waals surface area contributed by atoms with E-state index in [1.807, 2.05) is 0 Å². The average molecular weight is 287 g/mol. The summed E-state index contributed by atoms with van der Waals surface area (Å²) in [4.78, 5) is 10.9. The fourth-order valence-electron chi connectivity index (χ4n) is 1.34. The Bertz CT molecular complexity index is 544. The van der Waals surface area contributed by atoms with Crippen molar-refractivity contribution in [2.45, 2.75) is 12.8 Å². The van der Waals surface area contributed by atoms with E-state index in [0.717, 1.165) is 12.1 Å². The van der Waals surface area contributed by atoms with Crippen molar-refractivity contribution in [2.75, 3.05) is 13.6 Å². The van der Waals surface area contributed by atoms with Crippen LogP contribution in [0.5, 0.6) is 5.75 Å². The van der Waals surface area contributed by atoms with E-state index in [0.29, 0.717) is 13.0 Å². The van der Waals surface area contributed by atoms with Gasteiger partial charge in [0.05, 0.1) is 5.56 Å². The van der Waals surface area contributed by atoms with Gasteiger partial charge in [-0.1, -0.05) is 11.8 Å². The van der Waals surface area contributed by atoms with Gasteiger partial charge in [-0.15, -0.1) is 13.2 Å². The highest BCUT2D eigenvalue weighted by Gasteiger charge is 2.31. The summed E-state index contributed by atoms with van der Waals surface area (Å²) in [5.74, 6) is 3.36. The quantitative estimate of drug-likeness (QED) is 0.658. The summed E-state index contributed by atoms with van der Waals surface area (Å²) in [6, 6.07) is 3.04. The van der Waals surface area contributed by atoms with Crippen LogP contribution in [0, 0.1) is 11.8 Å². The van der Waals surface area contributed by atoms with Crippen molar-refractivity contribution in [1.29, 1.82) is 0 Å². The van der Waals surface area contributed by atoms with Gasteiger partial charge in [0.2, 0.25) is 0 Å². The number of benzene rings is 1. The van der Waals surface area contributed by atoms with Crippen molar-refractivity contribution in [3.8, 4) is 17.6 Å². The van der Waals surface area contributed by atoms with E-state index in [-0.39, 0.29) is 11.1 Å². The van der Waals surface area contributed by atoms with Crippen molar-refractivity contribution < 1.29 is 27.8 Å². The second-order valence-electron chi connectivity index (χ2n) is 3.75. The molecule has 0 saturated carbocycles. The zero-order chi connectivity index (χ0) is 15.2. The van der Waals surface area contributed by atoms with Crippen molar-refractivity contribution in [3.63, 3.8) is 0 Å². The average Bonchev–Trinajstić information content (AvgIpc) is 2.32. The van der Waals surface area contributed by atoms with Crippen molar-refractivity contribution in [3.05, 3.63) is 29.3 Å². The molecule has 0 aliphatic carbocycles. The van der Waals surface area contributed by atoms with Gasteiger partial charge < -0.3 is 15.2 Å². The summed E-state index contributed by atoms with van der Waals surface area (Å²) in [6.45, 7) is 0.623. The molecule has 1 aromatic rings. The molecule has 0 heterocycles. The van der Waals surface area contributed by atoms with Gasteiger partial charge in [0, 0.05) is 18.5 Å². The number of alkyl halides is 3. The number of halogens is 3. The first-order valence-corrected chi connectivity index (χ1v) is 5.59. The summed E-state index contributed by atoms with van der Waals surface area (Å²) >= 11 is 0. The van der Waals surface area contributed by atoms with Crippen molar-refractivity contribution in [1.82, 2.24) is 5.32 Å². The summed E-state index contributed by atoms with van der Waals surface area (Å²) in [6.07, 6.45) is -4.39. The molecule has 20 heavy (non-hydrogen) atoms. The molecular weight excluding hydrogens is 275 g/mol. The Morgan fingerprint density at radius 3 is 2.65 bits per heavy atom. The lowest BCUT2D eigenvalue weighted by molar-refractivity contribution is -0.274. The predicted molar refractivity (Wildman–Crippen MR) is 65.5 cm³/mol. The zero-order valence-electron chi connectivity index (χ0n) is 10.5. The molecule has 0 spiro atoms. The van der Waals surface area contributed by atoms with E-state index in [1.165, 1.54) is 6.07 Å². The molecule has 0 fully saturated rings. The van der Waals surface area contributed by atoms with Gasteiger partial charge in [-0.25, -0.2) is 4.79 Å². The molecule has 0 aliphatic rings. The first-order valence-electron chi connectivity index (χ1n) is 5.59. The summed E-state index contributed by atoms with van der Waals surface area (Å²) in [7, 11) is 1.74. The van der Waals surface area contributed by atoms with Crippen molar-refractivity contribution in [2.24, 2.45) is 0 Å². The van der Waals surface area contributed by atoms with Crippen LogP contribution in [-0.4, -0.2) is 31.0 Å². The minimum absolute atomic E-state index is 0.153. The lowest BCUT2D eigenvalue weighted by atomic mass is 10.1. The van der Waals surface area contributed by atoms with Crippen molar-refractivity contribution >= 4 is 5.97 Å². The van der Waals surface area contributed by atoms with Gasteiger partial charge >= 0.3 is 12.3 Å². The number of nitrogens with one attached hydrogen (secondary N) is 1. The summed E-state index contributed by atoms with van der Waals surface area (Å²) in [5, 5.41) is 11.7. The van der Waals surface area contributed by atoms with Crippen LogP contribution < -0.4 is 10.1 Å². The maximum absolute atomic E-state index is 12.1. The molecule has 0 unspecified atom stereocenters. The molecule has 108 valence electrons. The lowest BCUT2D eigenvalue weighted by Gasteiger charge is -2.09. The van der Waals surface area contributed by atoms with Gasteiger partial charge in [0.1, 0.15) is 5.75 Å². The van der Waals surface area contributed by atoms with Gasteiger partial charge in [0.25, 0.3) is 0 Å². The number of hydrogen-bond donors (Lipinski definition) is 2. The molecule has 1 rings (SSSR count). The number of carboxylic acid groups (broad SMARTS) is 1. The number of ether oxygens (including phenoxy) is 1. The third-order valence-electron chi connectivity index (χ3n) is 2.12. The SMILES string of the molecule is CNCCC#Cc1cc(OC(F)(F)F)cc(C(=O)O)c1. The second kappa shape index (κ2) is 6.82. The molecule has 4 nitrogen and oxygen atoms in total. The zero-order valence-corrected chi connectivity index (χ0v) is 10.5. The number of carbonyl (C=O) groups is 1. The number of hydrogen-bond acceptors (Lipinski definition) is 3. The van der Waals surface area contributed by atoms with Crippen LogP contribution in [0.15, 0.2) is 18.2 Å². The highest BCUT2D eigenvalue weighted by Crippen LogP contribution is 2.25. The van der Waals surface area contributed by atoms with Gasteiger partial charge in [-0.2, -0.15) is 0 Å². The fraction of sp³-hybridized carbons (Fsp3) is 0.308. The van der Waals surface area contributed by atoms with Crippen LogP contribution in [-0.2, 0) is 0 Å². The number of carboxylic acids is 1. The Morgan fingerprint density at radius 1 is 1.40 bits per heavy atom. The lowest BCUT2D eigenvalue weighted by Crippen LogP contribution is -2.17. The fourth-order valence-corrected chi connectivity index (χ4v) is 1.34. The normalized spacial score (nSPS) is 10.6. The van der Waals surface area contributed by atoms with Crippen LogP contribution in [0.1, 0.15) is 22.3 Å². The maximum atomic E-state index is 12.1. The number of aromatic carboxylic acids is 1. The Balaban J connectivity index is 3.04. The maximum Gasteiger partial charge on any atom is 0.573 e. The van der Waals surface area contributed by atoms with Crippen LogP contribution >= 0.6 is 0 Å². The van der Waals surface area contributed by atoms with Crippen LogP contribution in [0.4, 0.5) is 13.2 Å². The van der Waals surface area contributed by atoms with Gasteiger partial charge in [0.15, 0.2) is 0 Å². The monoisotopic (exact) mass is 287 g/mol. The second-order valence-corrected chi connectivity index (χ2v) is 3.75. The van der Waals surface area contributed by atoms with Crippen LogP contribution in [0.3, 0.4) is 0 Å². The third-order valence-corrected chi connectivity index (χ3v) is 2.12. The smallest absolute Gasteiger partial charge is 0.478 e. The van der Waals surface area contributed by atoms with Crippen LogP contribution in [0.25, 0.3) is 0 Å². The molecule has 0 saturated heterocycles. The van der Waals surface area contributed by atoms with Gasteiger partial charge in [-0.3, -0.25) is 0 Å². The number of rotatable bonds is 4. The van der Waals surface area contributed by atoms with E-state index in [4.69, 9.17) is 5.11 Å². The van der Waals surface area contributed by atoms with E-state index < -0.39 is 18.1 Å². The predicted octanol–water partition coefficient (Wildman–Crippen LogP) is 2.24. The molecule has 1 aromatic carbocycles. The molecule has 0 bridgehead atoms. The Hall–Kier alpha value is -2.20. The van der Waals surface area contributed by atoms with E-state index in [9.17, 15) is 18.0 Å². The molecule has 0 atom stereocenters. The highest BCUT2D eigenvalue weighted by molar-refractivity contribution is 5.88. The molecule has 0 aromatic heterocycles. The molecule has 0 aliphatic heterocycles. The Morgan fingerprint density at radius 2 is 2.10 bits per heavy atom. The molecule has 7 heteroatoms.